The fraction of sp³-hybridized carbons (Fsp3) is 0.458. The molecule has 0 saturated carbocycles. The summed E-state index contributed by atoms with van der Waals surface area (Å²) in [6, 6.07) is 21.1. The molecule has 1 aromatic carbocycles. The molecule has 12 nitrogen and oxygen atoms in total. The van der Waals surface area contributed by atoms with Crippen molar-refractivity contribution in [3.63, 3.8) is 0 Å². The van der Waals surface area contributed by atoms with E-state index in [2.05, 4.69) is 35.0 Å². The van der Waals surface area contributed by atoms with Crippen molar-refractivity contribution in [2.45, 2.75) is 98.8 Å². The Balaban J connectivity index is 1.43. The van der Waals surface area contributed by atoms with Crippen LogP contribution in [-0.4, -0.2) is 55.6 Å². The van der Waals surface area contributed by atoms with Crippen molar-refractivity contribution in [2.24, 2.45) is 22.1 Å². The van der Waals surface area contributed by atoms with Gasteiger partial charge in [0.15, 0.2) is 5.57 Å². The predicted molar refractivity (Wildman–Crippen MR) is 246 cm³/mol. The van der Waals surface area contributed by atoms with E-state index in [-0.39, 0.29) is 59.4 Å². The molecular weight excluding hydrogens is 819 g/mol. The highest BCUT2D eigenvalue weighted by molar-refractivity contribution is 7.24. The lowest BCUT2D eigenvalue weighted by molar-refractivity contribution is -0.149. The first kappa shape index (κ1) is 48.8. The van der Waals surface area contributed by atoms with Crippen LogP contribution in [0.4, 0.5) is 16.4 Å². The Bertz CT molecular complexity index is 2180. The molecule has 1 aliphatic heterocycles. The van der Waals surface area contributed by atoms with Crippen LogP contribution >= 0.6 is 22.7 Å². The minimum atomic E-state index is -0.400. The Kier molecular flexibility index (Phi) is 20.3. The first-order chi connectivity index (χ1) is 30.2. The molecule has 0 fully saturated rings. The van der Waals surface area contributed by atoms with Gasteiger partial charge < -0.3 is 19.3 Å². The Labute approximate surface area is 374 Å². The average Bonchev–Trinajstić information content (AvgIpc) is 4.03. The van der Waals surface area contributed by atoms with E-state index in [0.29, 0.717) is 36.7 Å². The van der Waals surface area contributed by atoms with Crippen LogP contribution in [0.5, 0.6) is 0 Å². The van der Waals surface area contributed by atoms with E-state index in [9.17, 15) is 30.2 Å². The van der Waals surface area contributed by atoms with Crippen molar-refractivity contribution >= 4 is 63.0 Å². The zero-order valence-corrected chi connectivity index (χ0v) is 38.2. The van der Waals surface area contributed by atoms with Gasteiger partial charge >= 0.3 is 11.9 Å². The molecule has 0 radical (unpaired) electrons. The van der Waals surface area contributed by atoms with E-state index in [0.717, 1.165) is 78.1 Å². The lowest BCUT2D eigenvalue weighted by atomic mass is 10.00. The lowest BCUT2D eigenvalue weighted by Gasteiger charge is -2.25. The molecule has 2 aromatic heterocycles. The van der Waals surface area contributed by atoms with Crippen LogP contribution in [0.25, 0.3) is 15.8 Å². The van der Waals surface area contributed by atoms with Gasteiger partial charge in [0, 0.05) is 26.9 Å². The molecule has 1 amide bonds. The highest BCUT2D eigenvalue weighted by atomic mass is 32.1. The molecule has 2 unspecified atom stereocenters. The van der Waals surface area contributed by atoms with Gasteiger partial charge in [0.05, 0.1) is 47.5 Å². The Hall–Kier alpha value is -5.88. The van der Waals surface area contributed by atoms with Gasteiger partial charge in [0.25, 0.3) is 5.91 Å². The van der Waals surface area contributed by atoms with Gasteiger partial charge in [0.2, 0.25) is 0 Å². The number of anilines is 1. The summed E-state index contributed by atoms with van der Waals surface area (Å²) >= 11 is 2.99. The number of rotatable bonds is 25. The van der Waals surface area contributed by atoms with Crippen molar-refractivity contribution in [1.29, 1.82) is 15.8 Å². The minimum absolute atomic E-state index is 0.0270. The quantitative estimate of drug-likeness (QED) is 0.0456. The van der Waals surface area contributed by atoms with Crippen molar-refractivity contribution in [2.75, 3.05) is 37.7 Å². The van der Waals surface area contributed by atoms with Crippen LogP contribution in [0.15, 0.2) is 87.3 Å². The SMILES string of the molecule is CCCCC(CC)C(=O)OCCN(CCOC(=O)C(CC)CCCC)c1ccc(N=Nc2ccc(-c3ccc(/C=C/C4=C(C#N)C(=C(C#N)C#N)N(CCCC)C4=O)s3)s2)cc1. The van der Waals surface area contributed by atoms with Crippen LogP contribution in [0.2, 0.25) is 0 Å². The standard InChI is InChI=1S/C48H57N7O5S2/c1-6-11-14-34(9-4)47(57)59-29-27-54(28-30-60-48(58)35(10-5)15-12-7-2)38-18-16-37(17-19-38)52-53-44-25-24-43(62-44)42-23-21-39(61-42)20-22-40-41(33-51)45(36(31-49)32-50)55(46(40)56)26-13-8-3/h16-25,34-35H,6-15,26-30H2,1-5H3/b22-20+,53-52?. The Morgan fingerprint density at radius 2 is 1.34 bits per heavy atom. The molecule has 0 saturated heterocycles. The summed E-state index contributed by atoms with van der Waals surface area (Å²) in [5.74, 6) is -0.946. The zero-order chi connectivity index (χ0) is 44.9. The summed E-state index contributed by atoms with van der Waals surface area (Å²) in [7, 11) is 0. The minimum Gasteiger partial charge on any atom is -0.464 e. The van der Waals surface area contributed by atoms with Crippen molar-refractivity contribution in [3.05, 3.63) is 81.9 Å². The number of thiophene rings is 2. The van der Waals surface area contributed by atoms with Gasteiger partial charge in [-0.05, 0) is 92.8 Å². The molecule has 326 valence electrons. The summed E-state index contributed by atoms with van der Waals surface area (Å²) < 4.78 is 11.5. The van der Waals surface area contributed by atoms with Crippen LogP contribution in [-0.2, 0) is 23.9 Å². The zero-order valence-electron chi connectivity index (χ0n) is 36.5. The normalized spacial score (nSPS) is 13.6. The maximum absolute atomic E-state index is 13.4. The first-order valence-corrected chi connectivity index (χ1v) is 23.3. The third-order valence-electron chi connectivity index (χ3n) is 10.6. The molecule has 62 heavy (non-hydrogen) atoms. The number of hydrogen-bond donors (Lipinski definition) is 0. The number of ether oxygens (including phenoxy) is 2. The third-order valence-corrected chi connectivity index (χ3v) is 12.8. The molecule has 2 atom stereocenters. The number of esters is 2. The molecule has 3 aromatic rings. The smallest absolute Gasteiger partial charge is 0.308 e. The summed E-state index contributed by atoms with van der Waals surface area (Å²) in [5, 5.41) is 38.7. The molecule has 0 N–H and O–H groups in total. The number of unbranched alkanes of at least 4 members (excludes halogenated alkanes) is 3. The summed E-state index contributed by atoms with van der Waals surface area (Å²) in [5.41, 5.74) is 1.54. The van der Waals surface area contributed by atoms with Crippen molar-refractivity contribution in [1.82, 2.24) is 4.90 Å². The van der Waals surface area contributed by atoms with Crippen molar-refractivity contribution in [3.8, 4) is 28.0 Å². The van der Waals surface area contributed by atoms with Gasteiger partial charge in [-0.1, -0.05) is 66.7 Å². The highest BCUT2D eigenvalue weighted by Gasteiger charge is 2.36. The average molecular weight is 876 g/mol. The number of azo groups is 1. The topological polar surface area (TPSA) is 172 Å². The van der Waals surface area contributed by atoms with Crippen LogP contribution in [0.1, 0.15) is 104 Å². The lowest BCUT2D eigenvalue weighted by Crippen LogP contribution is -2.33. The highest BCUT2D eigenvalue weighted by Crippen LogP contribution is 2.39. The second-order valence-corrected chi connectivity index (χ2v) is 17.0. The van der Waals surface area contributed by atoms with Gasteiger partial charge in [-0.2, -0.15) is 15.8 Å². The van der Waals surface area contributed by atoms with Crippen molar-refractivity contribution < 1.29 is 23.9 Å². The van der Waals surface area contributed by atoms with Gasteiger partial charge in [-0.3, -0.25) is 14.4 Å². The fourth-order valence-corrected chi connectivity index (χ4v) is 8.72. The van der Waals surface area contributed by atoms with E-state index < -0.39 is 5.91 Å². The van der Waals surface area contributed by atoms with E-state index in [1.165, 1.54) is 27.6 Å². The molecule has 4 rings (SSSR count). The summed E-state index contributed by atoms with van der Waals surface area (Å²) in [6.45, 7) is 11.9. The summed E-state index contributed by atoms with van der Waals surface area (Å²) in [4.78, 5) is 45.3. The van der Waals surface area contributed by atoms with Gasteiger partial charge in [-0.15, -0.1) is 32.9 Å². The van der Waals surface area contributed by atoms with E-state index in [1.54, 1.807) is 12.2 Å². The number of allylic oxidation sites excluding steroid dienone is 2. The third kappa shape index (κ3) is 13.6. The molecular formula is C48H57N7O5S2. The van der Waals surface area contributed by atoms with Crippen LogP contribution in [0, 0.1) is 45.8 Å². The number of carbonyl (C=O) groups excluding carboxylic acids is 3. The number of nitrogens with zero attached hydrogens (tertiary/aromatic N) is 7. The Morgan fingerprint density at radius 1 is 0.758 bits per heavy atom. The fourth-order valence-electron chi connectivity index (χ4n) is 6.89. The van der Waals surface area contributed by atoms with Gasteiger partial charge in [-0.25, -0.2) is 0 Å². The Morgan fingerprint density at radius 3 is 1.89 bits per heavy atom. The first-order valence-electron chi connectivity index (χ1n) is 21.7. The molecule has 0 aliphatic carbocycles. The molecule has 0 bridgehead atoms. The molecule has 1 aliphatic rings. The molecule has 0 spiro atoms. The number of benzene rings is 1. The van der Waals surface area contributed by atoms with Gasteiger partial charge in [0.1, 0.15) is 36.4 Å². The maximum Gasteiger partial charge on any atom is 0.308 e. The summed E-state index contributed by atoms with van der Waals surface area (Å²) in [6.07, 6.45) is 12.0. The van der Waals surface area contributed by atoms with E-state index >= 15 is 0 Å². The number of carbonyl (C=O) groups is 3. The van der Waals surface area contributed by atoms with Crippen LogP contribution in [0.3, 0.4) is 0 Å². The number of nitriles is 3. The van der Waals surface area contributed by atoms with E-state index in [4.69, 9.17) is 9.47 Å². The maximum atomic E-state index is 13.4. The van der Waals surface area contributed by atoms with Crippen LogP contribution < -0.4 is 4.90 Å². The second kappa shape index (κ2) is 25.8. The van der Waals surface area contributed by atoms with E-state index in [1.807, 2.05) is 81.4 Å². The number of hydrogen-bond acceptors (Lipinski definition) is 13. The molecule has 14 heteroatoms. The predicted octanol–water partition coefficient (Wildman–Crippen LogP) is 12.0. The monoisotopic (exact) mass is 875 g/mol. The largest absolute Gasteiger partial charge is 0.464 e. The number of amides is 1. The molecule has 3 heterocycles. The second-order valence-electron chi connectivity index (χ2n) is 14.9.